The predicted molar refractivity (Wildman–Crippen MR) is 85.0 cm³/mol. The molecule has 1 aromatic heterocycles. The van der Waals surface area contributed by atoms with Crippen LogP contribution in [0.15, 0.2) is 18.5 Å². The second-order valence-corrected chi connectivity index (χ2v) is 7.51. The molecule has 1 aliphatic heterocycles. The zero-order valence-electron chi connectivity index (χ0n) is 12.3. The van der Waals surface area contributed by atoms with E-state index in [1.165, 1.54) is 23.4 Å². The number of aromatic nitrogens is 1. The minimum Gasteiger partial charge on any atom is -0.368 e. The van der Waals surface area contributed by atoms with Gasteiger partial charge in [0.15, 0.2) is 0 Å². The highest BCUT2D eigenvalue weighted by Gasteiger charge is 2.28. The fourth-order valence-corrected chi connectivity index (χ4v) is 3.58. The zero-order valence-corrected chi connectivity index (χ0v) is 13.1. The normalized spacial score (nSPS) is 18.6. The maximum absolute atomic E-state index is 4.32. The van der Waals surface area contributed by atoms with Gasteiger partial charge in [0.2, 0.25) is 0 Å². The molecule has 0 aliphatic carbocycles. The van der Waals surface area contributed by atoms with Gasteiger partial charge in [0.25, 0.3) is 0 Å². The Morgan fingerprint density at radius 2 is 2.32 bits per heavy atom. The molecule has 0 saturated carbocycles. The van der Waals surface area contributed by atoms with E-state index in [9.17, 15) is 0 Å². The molecule has 4 heteroatoms. The summed E-state index contributed by atoms with van der Waals surface area (Å²) in [7, 11) is 0. The first-order valence-corrected chi connectivity index (χ1v) is 8.13. The molecule has 0 aromatic carbocycles. The van der Waals surface area contributed by atoms with Crippen molar-refractivity contribution in [2.45, 2.75) is 38.5 Å². The Labute approximate surface area is 121 Å². The third kappa shape index (κ3) is 4.11. The molecule has 0 bridgehead atoms. The summed E-state index contributed by atoms with van der Waals surface area (Å²) in [6.07, 6.45) is 5.10. The molecule has 3 nitrogen and oxygen atoms in total. The van der Waals surface area contributed by atoms with Gasteiger partial charge < -0.3 is 10.2 Å². The summed E-state index contributed by atoms with van der Waals surface area (Å²) in [5, 5.41) is 3.49. The molecule has 1 N–H and O–H groups in total. The average molecular weight is 279 g/mol. The van der Waals surface area contributed by atoms with Crippen LogP contribution in [0.1, 0.15) is 32.8 Å². The van der Waals surface area contributed by atoms with Crippen molar-refractivity contribution >= 4 is 17.4 Å². The highest BCUT2D eigenvalue weighted by Crippen LogP contribution is 2.33. The van der Waals surface area contributed by atoms with Crippen molar-refractivity contribution in [3.8, 4) is 0 Å². The number of nitrogens with one attached hydrogen (secondary N) is 1. The van der Waals surface area contributed by atoms with Gasteiger partial charge in [-0.15, -0.1) is 0 Å². The molecule has 2 rings (SSSR count). The van der Waals surface area contributed by atoms with Gasteiger partial charge in [-0.25, -0.2) is 0 Å². The number of hydrogen-bond donors (Lipinski definition) is 1. The van der Waals surface area contributed by atoms with Crippen LogP contribution in [0.2, 0.25) is 0 Å². The van der Waals surface area contributed by atoms with Crippen LogP contribution >= 0.6 is 11.8 Å². The summed E-state index contributed by atoms with van der Waals surface area (Å²) in [6.45, 7) is 11.1. The van der Waals surface area contributed by atoms with E-state index < -0.39 is 0 Å². The monoisotopic (exact) mass is 279 g/mol. The van der Waals surface area contributed by atoms with Crippen molar-refractivity contribution in [2.24, 2.45) is 0 Å². The van der Waals surface area contributed by atoms with Crippen LogP contribution in [-0.4, -0.2) is 35.1 Å². The summed E-state index contributed by atoms with van der Waals surface area (Å²) in [5.74, 6) is 1.20. The largest absolute Gasteiger partial charge is 0.368 e. The molecular weight excluding hydrogens is 254 g/mol. The minimum atomic E-state index is 0.336. The fraction of sp³-hybridized carbons (Fsp3) is 0.667. The number of anilines is 1. The highest BCUT2D eigenvalue weighted by molar-refractivity contribution is 8.00. The van der Waals surface area contributed by atoms with Crippen LogP contribution in [0.3, 0.4) is 0 Å². The van der Waals surface area contributed by atoms with Crippen LogP contribution < -0.4 is 10.2 Å². The van der Waals surface area contributed by atoms with Gasteiger partial charge in [-0.1, -0.05) is 6.92 Å². The standard InChI is InChI=1S/C15H25N3S/c1-4-6-16-10-13-5-7-17-11-14(13)18-8-9-19-15(2,3)12-18/h5,7,11,16H,4,6,8-10,12H2,1-3H3. The first-order chi connectivity index (χ1) is 9.12. The summed E-state index contributed by atoms with van der Waals surface area (Å²) in [5.41, 5.74) is 2.67. The van der Waals surface area contributed by atoms with Crippen molar-refractivity contribution in [3.05, 3.63) is 24.0 Å². The molecule has 2 heterocycles. The number of pyridine rings is 1. The molecule has 0 spiro atoms. The average Bonchev–Trinajstić information content (AvgIpc) is 2.38. The van der Waals surface area contributed by atoms with E-state index >= 15 is 0 Å². The Hall–Kier alpha value is -0.740. The quantitative estimate of drug-likeness (QED) is 0.839. The van der Waals surface area contributed by atoms with E-state index in [2.05, 4.69) is 53.8 Å². The summed E-state index contributed by atoms with van der Waals surface area (Å²) in [4.78, 5) is 6.81. The first kappa shape index (κ1) is 14.7. The van der Waals surface area contributed by atoms with E-state index in [1.807, 2.05) is 12.4 Å². The van der Waals surface area contributed by atoms with Crippen LogP contribution in [0.5, 0.6) is 0 Å². The van der Waals surface area contributed by atoms with Gasteiger partial charge in [-0.05, 0) is 38.4 Å². The molecule has 1 aromatic rings. The van der Waals surface area contributed by atoms with Gasteiger partial charge in [0.05, 0.1) is 11.9 Å². The molecule has 1 fully saturated rings. The SMILES string of the molecule is CCCNCc1ccncc1N1CCSC(C)(C)C1. The van der Waals surface area contributed by atoms with E-state index in [0.29, 0.717) is 4.75 Å². The van der Waals surface area contributed by atoms with E-state index in [4.69, 9.17) is 0 Å². The predicted octanol–water partition coefficient (Wildman–Crippen LogP) is 2.91. The van der Waals surface area contributed by atoms with Crippen LogP contribution in [0, 0.1) is 0 Å². The molecular formula is C15H25N3S. The summed E-state index contributed by atoms with van der Waals surface area (Å²) < 4.78 is 0.336. The topological polar surface area (TPSA) is 28.2 Å². The van der Waals surface area contributed by atoms with Gasteiger partial charge in [-0.2, -0.15) is 11.8 Å². The molecule has 19 heavy (non-hydrogen) atoms. The lowest BCUT2D eigenvalue weighted by atomic mass is 10.1. The minimum absolute atomic E-state index is 0.336. The zero-order chi connectivity index (χ0) is 13.7. The third-order valence-corrected chi connectivity index (χ3v) is 4.69. The van der Waals surface area contributed by atoms with Crippen molar-refractivity contribution in [1.82, 2.24) is 10.3 Å². The van der Waals surface area contributed by atoms with E-state index in [0.717, 1.165) is 26.2 Å². The smallest absolute Gasteiger partial charge is 0.0599 e. The third-order valence-electron chi connectivity index (χ3n) is 3.40. The van der Waals surface area contributed by atoms with Gasteiger partial charge in [0, 0.05) is 36.3 Å². The Morgan fingerprint density at radius 3 is 3.05 bits per heavy atom. The maximum atomic E-state index is 4.32. The molecule has 0 radical (unpaired) electrons. The number of hydrogen-bond acceptors (Lipinski definition) is 4. The molecule has 1 saturated heterocycles. The maximum Gasteiger partial charge on any atom is 0.0599 e. The van der Waals surface area contributed by atoms with E-state index in [-0.39, 0.29) is 0 Å². The summed E-state index contributed by atoms with van der Waals surface area (Å²) >= 11 is 2.07. The van der Waals surface area contributed by atoms with Crippen LogP contribution in [0.25, 0.3) is 0 Å². The molecule has 0 amide bonds. The van der Waals surface area contributed by atoms with E-state index in [1.54, 1.807) is 0 Å². The van der Waals surface area contributed by atoms with Crippen LogP contribution in [0.4, 0.5) is 5.69 Å². The Morgan fingerprint density at radius 1 is 1.47 bits per heavy atom. The number of rotatable bonds is 5. The lowest BCUT2D eigenvalue weighted by Crippen LogP contribution is -2.43. The lowest BCUT2D eigenvalue weighted by molar-refractivity contribution is 0.636. The Balaban J connectivity index is 2.10. The van der Waals surface area contributed by atoms with Gasteiger partial charge >= 0.3 is 0 Å². The molecule has 106 valence electrons. The second kappa shape index (κ2) is 6.62. The van der Waals surface area contributed by atoms with Crippen molar-refractivity contribution in [3.63, 3.8) is 0 Å². The van der Waals surface area contributed by atoms with Crippen molar-refractivity contribution < 1.29 is 0 Å². The molecule has 1 aliphatic rings. The Kier molecular flexibility index (Phi) is 5.11. The van der Waals surface area contributed by atoms with Crippen molar-refractivity contribution in [2.75, 3.05) is 30.3 Å². The molecule has 0 unspecified atom stereocenters. The van der Waals surface area contributed by atoms with Crippen molar-refractivity contribution in [1.29, 1.82) is 0 Å². The molecule has 0 atom stereocenters. The van der Waals surface area contributed by atoms with Crippen LogP contribution in [-0.2, 0) is 6.54 Å². The van der Waals surface area contributed by atoms with Gasteiger partial charge in [0.1, 0.15) is 0 Å². The highest BCUT2D eigenvalue weighted by atomic mass is 32.2. The number of thioether (sulfide) groups is 1. The fourth-order valence-electron chi connectivity index (χ4n) is 2.47. The summed E-state index contributed by atoms with van der Waals surface area (Å²) in [6, 6.07) is 2.15. The second-order valence-electron chi connectivity index (χ2n) is 5.71. The lowest BCUT2D eigenvalue weighted by Gasteiger charge is -2.39. The van der Waals surface area contributed by atoms with Gasteiger partial charge in [-0.3, -0.25) is 4.98 Å². The Bertz CT molecular complexity index is 406. The number of nitrogens with zero attached hydrogens (tertiary/aromatic N) is 2. The first-order valence-electron chi connectivity index (χ1n) is 7.15.